The Kier molecular flexibility index (Phi) is 6.74. The zero-order valence-electron chi connectivity index (χ0n) is 18.4. The van der Waals surface area contributed by atoms with Gasteiger partial charge in [-0.25, -0.2) is 17.6 Å². The van der Waals surface area contributed by atoms with E-state index < -0.39 is 15.7 Å². The van der Waals surface area contributed by atoms with Crippen LogP contribution in [0.5, 0.6) is 5.75 Å². The minimum absolute atomic E-state index is 0.00858. The molecule has 2 unspecified atom stereocenters. The van der Waals surface area contributed by atoms with Gasteiger partial charge in [-0.3, -0.25) is 10.1 Å². The van der Waals surface area contributed by atoms with E-state index in [4.69, 9.17) is 4.74 Å². The highest BCUT2D eigenvalue weighted by molar-refractivity contribution is 7.91. The zero-order chi connectivity index (χ0) is 22.9. The molecule has 2 heterocycles. The van der Waals surface area contributed by atoms with Crippen LogP contribution in [0.2, 0.25) is 0 Å². The molecular formula is C23H31FN2O5S. The molecule has 2 saturated heterocycles. The summed E-state index contributed by atoms with van der Waals surface area (Å²) in [4.78, 5) is 25.0. The van der Waals surface area contributed by atoms with Crippen LogP contribution in [0, 0.1) is 17.7 Å². The van der Waals surface area contributed by atoms with Crippen LogP contribution in [0.3, 0.4) is 0 Å². The summed E-state index contributed by atoms with van der Waals surface area (Å²) in [5, 5.41) is 2.32. The normalized spacial score (nSPS) is 23.9. The molecule has 0 bridgehead atoms. The highest BCUT2D eigenvalue weighted by atomic mass is 32.2. The summed E-state index contributed by atoms with van der Waals surface area (Å²) >= 11 is 0. The lowest BCUT2D eigenvalue weighted by Crippen LogP contribution is -2.29. The molecule has 0 aromatic heterocycles. The van der Waals surface area contributed by atoms with Gasteiger partial charge >= 0.3 is 6.03 Å². The Balaban J connectivity index is 1.21. The number of hydrogen-bond donors (Lipinski definition) is 1. The van der Waals surface area contributed by atoms with Crippen molar-refractivity contribution in [3.8, 4) is 5.75 Å². The molecular weight excluding hydrogens is 435 g/mol. The summed E-state index contributed by atoms with van der Waals surface area (Å²) < 4.78 is 44.8. The first-order valence-corrected chi connectivity index (χ1v) is 13.3. The molecule has 32 heavy (non-hydrogen) atoms. The van der Waals surface area contributed by atoms with E-state index >= 15 is 0 Å². The fourth-order valence-electron chi connectivity index (χ4n) is 4.61. The van der Waals surface area contributed by atoms with Crippen LogP contribution < -0.4 is 10.1 Å². The number of fused-ring (bicyclic) bond motifs is 1. The second kappa shape index (κ2) is 9.37. The van der Waals surface area contributed by atoms with E-state index in [1.165, 1.54) is 6.07 Å². The van der Waals surface area contributed by atoms with Crippen molar-refractivity contribution in [3.63, 3.8) is 0 Å². The van der Waals surface area contributed by atoms with Crippen molar-refractivity contribution in [1.29, 1.82) is 0 Å². The van der Waals surface area contributed by atoms with E-state index in [1.807, 2.05) is 6.92 Å². The molecule has 1 aromatic carbocycles. The Labute approximate surface area is 188 Å². The summed E-state index contributed by atoms with van der Waals surface area (Å²) in [7, 11) is -3.26. The topological polar surface area (TPSA) is 92.8 Å². The number of nitrogens with zero attached hydrogens (tertiary/aromatic N) is 1. The second-order valence-corrected chi connectivity index (χ2v) is 11.7. The molecule has 3 aliphatic rings. The minimum atomic E-state index is -3.26. The molecule has 1 N–H and O–H groups in total. The molecule has 7 nitrogen and oxygen atoms in total. The van der Waals surface area contributed by atoms with Crippen molar-refractivity contribution in [2.45, 2.75) is 57.4 Å². The third-order valence-corrected chi connectivity index (χ3v) is 8.62. The number of amides is 3. The molecule has 4 rings (SSSR count). The van der Waals surface area contributed by atoms with E-state index in [0.29, 0.717) is 31.9 Å². The Bertz CT molecular complexity index is 957. The number of unbranched alkanes of at least 4 members (excludes halogenated alkanes) is 1. The Hall–Kier alpha value is -2.16. The van der Waals surface area contributed by atoms with Crippen molar-refractivity contribution in [2.75, 3.05) is 24.7 Å². The molecule has 176 valence electrons. The van der Waals surface area contributed by atoms with Crippen LogP contribution >= 0.6 is 0 Å². The first kappa shape index (κ1) is 23.0. The van der Waals surface area contributed by atoms with Gasteiger partial charge in [0.05, 0.1) is 18.1 Å². The second-order valence-electron chi connectivity index (χ2n) is 9.52. The SMILES string of the molecule is C[C@@H](CS(=O)(=O)CCCCC1CC2C(=O)NC(=O)N2C1)c1ccc(F)c(OCC2CC2)c1. The van der Waals surface area contributed by atoms with Gasteiger partial charge in [0.25, 0.3) is 5.91 Å². The number of urea groups is 1. The Morgan fingerprint density at radius 3 is 2.72 bits per heavy atom. The zero-order valence-corrected chi connectivity index (χ0v) is 19.2. The summed E-state index contributed by atoms with van der Waals surface area (Å²) in [5.41, 5.74) is 0.760. The van der Waals surface area contributed by atoms with Gasteiger partial charge < -0.3 is 9.64 Å². The van der Waals surface area contributed by atoms with Crippen LogP contribution in [-0.2, 0) is 14.6 Å². The van der Waals surface area contributed by atoms with Crippen molar-refractivity contribution in [2.24, 2.45) is 11.8 Å². The largest absolute Gasteiger partial charge is 0.490 e. The average molecular weight is 467 g/mol. The first-order valence-electron chi connectivity index (χ1n) is 11.5. The van der Waals surface area contributed by atoms with Crippen molar-refractivity contribution in [1.82, 2.24) is 10.2 Å². The van der Waals surface area contributed by atoms with Gasteiger partial charge in [0.2, 0.25) is 0 Å². The van der Waals surface area contributed by atoms with E-state index in [1.54, 1.807) is 17.0 Å². The molecule has 3 fully saturated rings. The van der Waals surface area contributed by atoms with E-state index in [0.717, 1.165) is 31.2 Å². The van der Waals surface area contributed by atoms with Gasteiger partial charge in [-0.2, -0.15) is 0 Å². The standard InChI is InChI=1S/C23H31FN2O5S/c1-15(18-7-8-19(24)21(11-18)31-13-16-5-6-16)14-32(29,30)9-3-2-4-17-10-20-22(27)25-23(28)26(20)12-17/h7-8,11,15-17,20H,2-6,9-10,12-14H2,1H3,(H,25,27,28)/t15-,17?,20?/m0/s1. The van der Waals surface area contributed by atoms with Gasteiger partial charge in [0.1, 0.15) is 6.04 Å². The molecule has 3 atom stereocenters. The number of sulfone groups is 1. The first-order chi connectivity index (χ1) is 15.2. The molecule has 0 radical (unpaired) electrons. The quantitative estimate of drug-likeness (QED) is 0.399. The van der Waals surface area contributed by atoms with Gasteiger partial charge in [-0.1, -0.05) is 19.4 Å². The maximum atomic E-state index is 14.0. The molecule has 3 amide bonds. The highest BCUT2D eigenvalue weighted by Crippen LogP contribution is 2.32. The van der Waals surface area contributed by atoms with Crippen molar-refractivity contribution in [3.05, 3.63) is 29.6 Å². The van der Waals surface area contributed by atoms with Gasteiger partial charge in [0, 0.05) is 6.54 Å². The number of nitrogens with one attached hydrogen (secondary N) is 1. The number of hydrogen-bond acceptors (Lipinski definition) is 5. The maximum Gasteiger partial charge on any atom is 0.324 e. The molecule has 0 spiro atoms. The fraction of sp³-hybridized carbons (Fsp3) is 0.652. The third-order valence-electron chi connectivity index (χ3n) is 6.70. The maximum absolute atomic E-state index is 14.0. The Morgan fingerprint density at radius 1 is 1.22 bits per heavy atom. The van der Waals surface area contributed by atoms with E-state index in [-0.39, 0.29) is 47.1 Å². The number of carbonyl (C=O) groups is 2. The van der Waals surface area contributed by atoms with Gasteiger partial charge in [0.15, 0.2) is 21.4 Å². The lowest BCUT2D eigenvalue weighted by atomic mass is 9.99. The lowest BCUT2D eigenvalue weighted by molar-refractivity contribution is -0.121. The summed E-state index contributed by atoms with van der Waals surface area (Å²) in [5.74, 6) is 0.155. The summed E-state index contributed by atoms with van der Waals surface area (Å²) in [6.07, 6.45) is 4.97. The predicted molar refractivity (Wildman–Crippen MR) is 118 cm³/mol. The third kappa shape index (κ3) is 5.60. The van der Waals surface area contributed by atoms with Crippen LogP contribution in [0.4, 0.5) is 9.18 Å². The molecule has 1 aliphatic carbocycles. The molecule has 1 aromatic rings. The number of ether oxygens (including phenoxy) is 1. The number of carbonyl (C=O) groups excluding carboxylic acids is 2. The van der Waals surface area contributed by atoms with Crippen LogP contribution in [0.25, 0.3) is 0 Å². The molecule has 2 aliphatic heterocycles. The summed E-state index contributed by atoms with van der Waals surface area (Å²) in [6, 6.07) is 3.93. The number of benzene rings is 1. The monoisotopic (exact) mass is 466 g/mol. The van der Waals surface area contributed by atoms with Crippen LogP contribution in [0.15, 0.2) is 18.2 Å². The molecule has 9 heteroatoms. The predicted octanol–water partition coefficient (Wildman–Crippen LogP) is 3.24. The minimum Gasteiger partial charge on any atom is -0.490 e. The van der Waals surface area contributed by atoms with Crippen LogP contribution in [-0.4, -0.2) is 56.0 Å². The van der Waals surface area contributed by atoms with E-state index in [2.05, 4.69) is 5.32 Å². The fourth-order valence-corrected chi connectivity index (χ4v) is 6.38. The van der Waals surface area contributed by atoms with E-state index in [9.17, 15) is 22.4 Å². The smallest absolute Gasteiger partial charge is 0.324 e. The highest BCUT2D eigenvalue weighted by Gasteiger charge is 2.45. The van der Waals surface area contributed by atoms with Gasteiger partial charge in [-0.05, 0) is 67.6 Å². The number of rotatable bonds is 11. The number of imide groups is 1. The lowest BCUT2D eigenvalue weighted by Gasteiger charge is -2.15. The average Bonchev–Trinajstić information content (AvgIpc) is 3.40. The number of halogens is 1. The van der Waals surface area contributed by atoms with Gasteiger partial charge in [-0.15, -0.1) is 0 Å². The van der Waals surface area contributed by atoms with Crippen molar-refractivity contribution < 1.29 is 27.1 Å². The molecule has 1 saturated carbocycles. The van der Waals surface area contributed by atoms with Crippen LogP contribution in [0.1, 0.15) is 56.9 Å². The van der Waals surface area contributed by atoms with Crippen molar-refractivity contribution >= 4 is 21.8 Å². The Morgan fingerprint density at radius 2 is 2.00 bits per heavy atom. The summed E-state index contributed by atoms with van der Waals surface area (Å²) in [6.45, 7) is 2.90.